The molecular formula is C28H38NO3S+. The van der Waals surface area contributed by atoms with Gasteiger partial charge in [0.2, 0.25) is 0 Å². The van der Waals surface area contributed by atoms with Crippen LogP contribution in [0.4, 0.5) is 0 Å². The maximum absolute atomic E-state index is 13.7. The van der Waals surface area contributed by atoms with Crippen LogP contribution in [0.5, 0.6) is 0 Å². The zero-order valence-electron chi connectivity index (χ0n) is 19.7. The molecule has 33 heavy (non-hydrogen) atoms. The van der Waals surface area contributed by atoms with Gasteiger partial charge in [0.25, 0.3) is 0 Å². The van der Waals surface area contributed by atoms with Gasteiger partial charge in [-0.3, -0.25) is 0 Å². The predicted octanol–water partition coefficient (Wildman–Crippen LogP) is 5.30. The number of aryl methyl sites for hydroxylation is 1. The predicted molar refractivity (Wildman–Crippen MR) is 132 cm³/mol. The van der Waals surface area contributed by atoms with Gasteiger partial charge in [0.15, 0.2) is 11.7 Å². The van der Waals surface area contributed by atoms with Gasteiger partial charge in [0.1, 0.15) is 6.54 Å². The summed E-state index contributed by atoms with van der Waals surface area (Å²) in [5.74, 6) is -0.0233. The smallest absolute Gasteiger partial charge is 0.343 e. The Labute approximate surface area is 202 Å². The first-order valence-electron chi connectivity index (χ1n) is 13.0. The van der Waals surface area contributed by atoms with Crippen LogP contribution in [0.1, 0.15) is 61.8 Å². The van der Waals surface area contributed by atoms with Crippen molar-refractivity contribution in [2.45, 2.75) is 69.5 Å². The van der Waals surface area contributed by atoms with E-state index in [0.717, 1.165) is 62.5 Å². The van der Waals surface area contributed by atoms with E-state index in [1.165, 1.54) is 30.8 Å². The van der Waals surface area contributed by atoms with Gasteiger partial charge in [-0.1, -0.05) is 55.7 Å². The van der Waals surface area contributed by atoms with E-state index >= 15 is 0 Å². The van der Waals surface area contributed by atoms with Crippen LogP contribution in [0.2, 0.25) is 0 Å². The summed E-state index contributed by atoms with van der Waals surface area (Å²) in [6, 6.07) is 13.9. The molecule has 0 amide bonds. The van der Waals surface area contributed by atoms with Crippen molar-refractivity contribution in [1.29, 1.82) is 0 Å². The Morgan fingerprint density at radius 3 is 2.48 bits per heavy atom. The number of piperidine rings is 3. The van der Waals surface area contributed by atoms with Crippen LogP contribution < -0.4 is 0 Å². The summed E-state index contributed by atoms with van der Waals surface area (Å²) in [4.78, 5) is 15.2. The van der Waals surface area contributed by atoms with E-state index in [1.807, 2.05) is 41.7 Å². The van der Waals surface area contributed by atoms with Crippen molar-refractivity contribution in [2.75, 3.05) is 26.2 Å². The Morgan fingerprint density at radius 2 is 1.79 bits per heavy atom. The first kappa shape index (κ1) is 23.1. The number of esters is 1. The normalized spacial score (nSPS) is 29.5. The SMILES string of the molecule is O=C(O[C@H]1C[N+]2(CCCc3cccs3)CCC1CC2)[C@](O)(c1ccccc1)C1CCCCC1. The molecule has 0 spiro atoms. The molecule has 6 rings (SSSR count). The second kappa shape index (κ2) is 9.89. The number of hydrogen-bond donors (Lipinski definition) is 1. The number of aliphatic hydroxyl groups is 1. The van der Waals surface area contributed by atoms with E-state index in [-0.39, 0.29) is 12.0 Å². The second-order valence-electron chi connectivity index (χ2n) is 10.6. The Kier molecular flexibility index (Phi) is 6.91. The van der Waals surface area contributed by atoms with Crippen molar-refractivity contribution in [3.63, 3.8) is 0 Å². The van der Waals surface area contributed by atoms with E-state index in [2.05, 4.69) is 17.5 Å². The maximum Gasteiger partial charge on any atom is 0.343 e. The highest BCUT2D eigenvalue weighted by Crippen LogP contribution is 2.42. The summed E-state index contributed by atoms with van der Waals surface area (Å²) in [5, 5.41) is 14.1. The number of fused-ring (bicyclic) bond motifs is 3. The standard InChI is InChI=1S/C28H38NO3S/c30-27(28(31,23-9-3-1-4-10-23)24-11-5-2-6-12-24)32-26-21-29(18-15-22(26)16-19-29)17-7-13-25-14-8-20-33-25/h1,3-4,8-10,14,20,22,24,26,31H,2,5-7,11-13,15-19,21H2/q+1/t22?,26-,28-,29?/m0/s1. The molecule has 4 fully saturated rings. The molecule has 0 unspecified atom stereocenters. The van der Waals surface area contributed by atoms with E-state index in [9.17, 15) is 9.90 Å². The summed E-state index contributed by atoms with van der Waals surface area (Å²) in [5.41, 5.74) is -0.833. The number of hydrogen-bond acceptors (Lipinski definition) is 4. The van der Waals surface area contributed by atoms with Gasteiger partial charge in [-0.15, -0.1) is 11.3 Å². The molecule has 2 bridgehead atoms. The average Bonchev–Trinajstić information content (AvgIpc) is 3.39. The summed E-state index contributed by atoms with van der Waals surface area (Å²) in [6.07, 6.45) is 9.62. The van der Waals surface area contributed by atoms with Gasteiger partial charge in [-0.2, -0.15) is 0 Å². The third-order valence-corrected chi connectivity index (χ3v) is 9.59. The molecule has 1 aromatic carbocycles. The molecule has 4 nitrogen and oxygen atoms in total. The minimum Gasteiger partial charge on any atom is -0.454 e. The zero-order chi connectivity index (χ0) is 22.7. The fraction of sp³-hybridized carbons (Fsp3) is 0.607. The Bertz CT molecular complexity index is 900. The van der Waals surface area contributed by atoms with Crippen molar-refractivity contribution >= 4 is 17.3 Å². The number of quaternary nitrogens is 1. The molecule has 2 atom stereocenters. The minimum atomic E-state index is -1.53. The summed E-state index contributed by atoms with van der Waals surface area (Å²) >= 11 is 1.84. The van der Waals surface area contributed by atoms with E-state index < -0.39 is 11.6 Å². The molecule has 4 heterocycles. The molecule has 5 heteroatoms. The lowest BCUT2D eigenvalue weighted by Gasteiger charge is -2.52. The van der Waals surface area contributed by atoms with Crippen molar-refractivity contribution < 1.29 is 19.1 Å². The number of ether oxygens (including phenoxy) is 1. The molecule has 2 aromatic rings. The van der Waals surface area contributed by atoms with Crippen LogP contribution in [0.15, 0.2) is 47.8 Å². The lowest BCUT2D eigenvalue weighted by atomic mass is 9.73. The van der Waals surface area contributed by atoms with E-state index in [1.54, 1.807) is 0 Å². The fourth-order valence-electron chi connectivity index (χ4n) is 6.67. The second-order valence-corrected chi connectivity index (χ2v) is 11.7. The highest BCUT2D eigenvalue weighted by Gasteiger charge is 2.52. The van der Waals surface area contributed by atoms with Gasteiger partial charge < -0.3 is 14.3 Å². The number of rotatable bonds is 8. The summed E-state index contributed by atoms with van der Waals surface area (Å²) in [7, 11) is 0. The molecule has 1 aromatic heterocycles. The molecule has 3 saturated heterocycles. The van der Waals surface area contributed by atoms with Crippen molar-refractivity contribution in [1.82, 2.24) is 0 Å². The Morgan fingerprint density at radius 1 is 1.03 bits per heavy atom. The van der Waals surface area contributed by atoms with Gasteiger partial charge in [0, 0.05) is 36.0 Å². The van der Waals surface area contributed by atoms with Crippen LogP contribution in [0.3, 0.4) is 0 Å². The van der Waals surface area contributed by atoms with Gasteiger partial charge in [-0.25, -0.2) is 4.79 Å². The van der Waals surface area contributed by atoms with Crippen molar-refractivity contribution in [2.24, 2.45) is 11.8 Å². The van der Waals surface area contributed by atoms with E-state index in [0.29, 0.717) is 11.5 Å². The first-order chi connectivity index (χ1) is 16.1. The van der Waals surface area contributed by atoms with Crippen molar-refractivity contribution in [3.8, 4) is 0 Å². The average molecular weight is 469 g/mol. The Balaban J connectivity index is 1.29. The zero-order valence-corrected chi connectivity index (χ0v) is 20.5. The monoisotopic (exact) mass is 468 g/mol. The van der Waals surface area contributed by atoms with Crippen LogP contribution in [0, 0.1) is 11.8 Å². The van der Waals surface area contributed by atoms with Gasteiger partial charge in [0.05, 0.1) is 19.6 Å². The minimum absolute atomic E-state index is 0.0591. The molecule has 0 radical (unpaired) electrons. The number of carbonyl (C=O) groups is 1. The third kappa shape index (κ3) is 4.78. The molecule has 1 N–H and O–H groups in total. The van der Waals surface area contributed by atoms with Crippen LogP contribution >= 0.6 is 11.3 Å². The first-order valence-corrected chi connectivity index (χ1v) is 13.8. The summed E-state index contributed by atoms with van der Waals surface area (Å²) in [6.45, 7) is 4.48. The fourth-order valence-corrected chi connectivity index (χ4v) is 7.42. The number of nitrogens with zero attached hydrogens (tertiary/aromatic N) is 1. The quantitative estimate of drug-likeness (QED) is 0.422. The molecule has 1 aliphatic carbocycles. The van der Waals surface area contributed by atoms with Crippen LogP contribution in [-0.2, 0) is 21.6 Å². The highest BCUT2D eigenvalue weighted by molar-refractivity contribution is 7.09. The Hall–Kier alpha value is -1.69. The highest BCUT2D eigenvalue weighted by atomic mass is 32.1. The maximum atomic E-state index is 13.7. The molecule has 4 aliphatic rings. The molecule has 3 aliphatic heterocycles. The summed E-state index contributed by atoms with van der Waals surface area (Å²) < 4.78 is 7.35. The molecule has 178 valence electrons. The number of benzene rings is 1. The topological polar surface area (TPSA) is 46.5 Å². The lowest BCUT2D eigenvalue weighted by molar-refractivity contribution is -0.946. The van der Waals surface area contributed by atoms with Crippen LogP contribution in [-0.4, -0.2) is 47.8 Å². The third-order valence-electron chi connectivity index (χ3n) is 8.66. The van der Waals surface area contributed by atoms with Gasteiger partial charge >= 0.3 is 5.97 Å². The number of thiophene rings is 1. The lowest BCUT2D eigenvalue weighted by Crippen LogP contribution is -2.65. The van der Waals surface area contributed by atoms with E-state index in [4.69, 9.17) is 4.74 Å². The van der Waals surface area contributed by atoms with Crippen molar-refractivity contribution in [3.05, 3.63) is 58.3 Å². The molecular weight excluding hydrogens is 430 g/mol. The molecule has 1 saturated carbocycles. The van der Waals surface area contributed by atoms with Gasteiger partial charge in [-0.05, 0) is 36.3 Å². The van der Waals surface area contributed by atoms with Crippen LogP contribution in [0.25, 0.3) is 0 Å². The number of carbonyl (C=O) groups excluding carboxylic acids is 1. The largest absolute Gasteiger partial charge is 0.454 e.